The predicted octanol–water partition coefficient (Wildman–Crippen LogP) is 3.12. The highest BCUT2D eigenvalue weighted by molar-refractivity contribution is 5.96. The van der Waals surface area contributed by atoms with E-state index in [9.17, 15) is 10.1 Å². The van der Waals surface area contributed by atoms with Gasteiger partial charge in [-0.3, -0.25) is 9.69 Å². The van der Waals surface area contributed by atoms with Crippen LogP contribution in [-0.2, 0) is 11.3 Å². The topological polar surface area (TPSA) is 65.8 Å². The average molecular weight is 437 g/mol. The molecule has 3 rings (SSSR count). The van der Waals surface area contributed by atoms with Gasteiger partial charge in [0.2, 0.25) is 5.91 Å². The number of anilines is 2. The molecular weight excluding hydrogens is 400 g/mol. The highest BCUT2D eigenvalue weighted by Crippen LogP contribution is 2.33. The number of piperazine rings is 1. The van der Waals surface area contributed by atoms with Gasteiger partial charge in [0.15, 0.2) is 0 Å². The van der Waals surface area contributed by atoms with Crippen LogP contribution in [0.5, 0.6) is 0 Å². The van der Waals surface area contributed by atoms with E-state index < -0.39 is 0 Å². The fourth-order valence-electron chi connectivity index (χ4n) is 4.11. The maximum Gasteiger partial charge on any atom is 0.241 e. The van der Waals surface area contributed by atoms with Gasteiger partial charge >= 0.3 is 0 Å². The number of amides is 1. The molecule has 0 radical (unpaired) electrons. The first-order valence-corrected chi connectivity index (χ1v) is 11.4. The largest absolute Gasteiger partial charge is 0.393 e. The summed E-state index contributed by atoms with van der Waals surface area (Å²) in [4.78, 5) is 21.3. The average Bonchev–Trinajstić information content (AvgIpc) is 3.64. The number of hydrogen-bond acceptors (Lipinski definition) is 6. The number of carbonyl (C=O) groups is 1. The quantitative estimate of drug-likeness (QED) is 0.608. The molecule has 1 saturated carbocycles. The first kappa shape index (κ1) is 23.7. The minimum atomic E-state index is -0.154. The summed E-state index contributed by atoms with van der Waals surface area (Å²) in [6, 6.07) is 9.17. The summed E-state index contributed by atoms with van der Waals surface area (Å²) >= 11 is 0. The molecule has 2 atom stereocenters. The van der Waals surface area contributed by atoms with Crippen LogP contribution in [0.25, 0.3) is 0 Å². The number of nitrogens with one attached hydrogen (secondary N) is 1. The van der Waals surface area contributed by atoms with Crippen molar-refractivity contribution in [2.75, 3.05) is 43.5 Å². The van der Waals surface area contributed by atoms with Crippen molar-refractivity contribution in [1.29, 1.82) is 5.26 Å². The summed E-state index contributed by atoms with van der Waals surface area (Å²) < 4.78 is 0. The lowest BCUT2D eigenvalue weighted by Gasteiger charge is -2.36. The molecule has 7 nitrogen and oxygen atoms in total. The molecule has 1 aliphatic carbocycles. The highest BCUT2D eigenvalue weighted by Gasteiger charge is 2.35. The Balaban J connectivity index is 1.94. The third-order valence-electron chi connectivity index (χ3n) is 6.47. The zero-order valence-corrected chi connectivity index (χ0v) is 19.8. The predicted molar refractivity (Wildman–Crippen MR) is 130 cm³/mol. The maximum absolute atomic E-state index is 12.9. The molecule has 1 aliphatic heterocycles. The van der Waals surface area contributed by atoms with Gasteiger partial charge in [-0.25, -0.2) is 0 Å². The van der Waals surface area contributed by atoms with E-state index in [0.29, 0.717) is 19.1 Å². The standard InChI is InChI=1S/C25H36N6O/c1-6-28(5)17-21-15-23(31-14-13-29(18-25(31)32)22-7-8-22)9-10-24(21)30(12-11-27-4)20(3)19(2)16-26/h6,9-12,15,19-20,22,27H,1,7-8,13-14,17-18H2,2-5H3/b12-11-/t19?,20-/m0/s1. The minimum Gasteiger partial charge on any atom is -0.393 e. The molecular formula is C25H36N6O. The van der Waals surface area contributed by atoms with Crippen molar-refractivity contribution in [3.63, 3.8) is 0 Å². The van der Waals surface area contributed by atoms with E-state index in [1.807, 2.05) is 49.3 Å². The second kappa shape index (κ2) is 10.6. The Bertz CT molecular complexity index is 887. The van der Waals surface area contributed by atoms with Crippen molar-refractivity contribution in [2.45, 2.75) is 45.3 Å². The van der Waals surface area contributed by atoms with Crippen molar-refractivity contribution in [2.24, 2.45) is 5.92 Å². The van der Waals surface area contributed by atoms with Crippen LogP contribution in [0.2, 0.25) is 0 Å². The molecule has 0 aromatic heterocycles. The van der Waals surface area contributed by atoms with E-state index in [-0.39, 0.29) is 17.9 Å². The van der Waals surface area contributed by atoms with Gasteiger partial charge in [0.05, 0.1) is 18.5 Å². The Hall–Kier alpha value is -2.98. The molecule has 2 fully saturated rings. The molecule has 1 aromatic rings. The van der Waals surface area contributed by atoms with Gasteiger partial charge in [-0.15, -0.1) is 0 Å². The van der Waals surface area contributed by atoms with Crippen LogP contribution >= 0.6 is 0 Å². The minimum absolute atomic E-state index is 0.0213. The fraction of sp³-hybridized carbons (Fsp3) is 0.520. The third kappa shape index (κ3) is 5.43. The molecule has 1 unspecified atom stereocenters. The SMILES string of the molecule is C=CN(C)Cc1cc(N2CCN(C3CC3)CC2=O)ccc1N(/C=C\NC)[C@@H](C)C(C)C#N. The Morgan fingerprint density at radius 3 is 2.69 bits per heavy atom. The van der Waals surface area contributed by atoms with E-state index in [1.165, 1.54) is 12.8 Å². The van der Waals surface area contributed by atoms with Crippen LogP contribution in [0.15, 0.2) is 43.4 Å². The Morgan fingerprint density at radius 2 is 2.09 bits per heavy atom. The normalized spacial score (nSPS) is 18.8. The summed E-state index contributed by atoms with van der Waals surface area (Å²) in [5.74, 6) is 0.00979. The second-order valence-electron chi connectivity index (χ2n) is 8.83. The second-order valence-corrected chi connectivity index (χ2v) is 8.83. The van der Waals surface area contributed by atoms with Crippen LogP contribution < -0.4 is 15.1 Å². The molecule has 1 heterocycles. The van der Waals surface area contributed by atoms with E-state index in [2.05, 4.69) is 46.8 Å². The lowest BCUT2D eigenvalue weighted by molar-refractivity contribution is -0.121. The molecule has 1 N–H and O–H groups in total. The third-order valence-corrected chi connectivity index (χ3v) is 6.47. The van der Waals surface area contributed by atoms with Crippen LogP contribution in [0.4, 0.5) is 11.4 Å². The van der Waals surface area contributed by atoms with Crippen LogP contribution in [0, 0.1) is 17.2 Å². The smallest absolute Gasteiger partial charge is 0.241 e. The Morgan fingerprint density at radius 1 is 1.34 bits per heavy atom. The number of rotatable bonds is 10. The zero-order chi connectivity index (χ0) is 23.3. The maximum atomic E-state index is 12.9. The molecule has 1 saturated heterocycles. The zero-order valence-electron chi connectivity index (χ0n) is 19.8. The van der Waals surface area contributed by atoms with Crippen LogP contribution in [0.3, 0.4) is 0 Å². The molecule has 172 valence electrons. The highest BCUT2D eigenvalue weighted by atomic mass is 16.2. The number of nitrogens with zero attached hydrogens (tertiary/aromatic N) is 5. The van der Waals surface area contributed by atoms with E-state index in [4.69, 9.17) is 0 Å². The first-order chi connectivity index (χ1) is 15.4. The summed E-state index contributed by atoms with van der Waals surface area (Å²) in [6.45, 7) is 10.7. The van der Waals surface area contributed by atoms with E-state index >= 15 is 0 Å². The molecule has 7 heteroatoms. The number of nitriles is 1. The lowest BCUT2D eigenvalue weighted by atomic mass is 10.0. The lowest BCUT2D eigenvalue weighted by Crippen LogP contribution is -2.51. The Kier molecular flexibility index (Phi) is 7.81. The van der Waals surface area contributed by atoms with Crippen molar-refractivity contribution in [1.82, 2.24) is 15.1 Å². The summed E-state index contributed by atoms with van der Waals surface area (Å²) in [7, 11) is 3.84. The molecule has 1 aromatic carbocycles. The summed E-state index contributed by atoms with van der Waals surface area (Å²) in [6.07, 6.45) is 8.08. The van der Waals surface area contributed by atoms with Gasteiger partial charge < -0.3 is 20.0 Å². The molecule has 1 amide bonds. The van der Waals surface area contributed by atoms with E-state index in [1.54, 1.807) is 6.20 Å². The van der Waals surface area contributed by atoms with Gasteiger partial charge in [-0.2, -0.15) is 5.26 Å². The summed E-state index contributed by atoms with van der Waals surface area (Å²) in [5.41, 5.74) is 3.04. The van der Waals surface area contributed by atoms with Gasteiger partial charge in [0, 0.05) is 69.6 Å². The van der Waals surface area contributed by atoms with Crippen molar-refractivity contribution < 1.29 is 4.79 Å². The monoisotopic (exact) mass is 436 g/mol. The number of hydrogen-bond donors (Lipinski definition) is 1. The van der Waals surface area contributed by atoms with Crippen molar-refractivity contribution >= 4 is 17.3 Å². The van der Waals surface area contributed by atoms with Gasteiger partial charge in [-0.05, 0) is 56.7 Å². The Labute approximate surface area is 192 Å². The van der Waals surface area contributed by atoms with Crippen LogP contribution in [0.1, 0.15) is 32.3 Å². The van der Waals surface area contributed by atoms with Crippen molar-refractivity contribution in [3.05, 3.63) is 48.9 Å². The molecule has 32 heavy (non-hydrogen) atoms. The molecule has 2 aliphatic rings. The van der Waals surface area contributed by atoms with Gasteiger partial charge in [0.1, 0.15) is 0 Å². The fourth-order valence-corrected chi connectivity index (χ4v) is 4.11. The summed E-state index contributed by atoms with van der Waals surface area (Å²) in [5, 5.41) is 12.6. The number of carbonyl (C=O) groups excluding carboxylic acids is 1. The van der Waals surface area contributed by atoms with Gasteiger partial charge in [-0.1, -0.05) is 6.58 Å². The van der Waals surface area contributed by atoms with Crippen molar-refractivity contribution in [3.8, 4) is 6.07 Å². The molecule has 0 spiro atoms. The number of benzene rings is 1. The first-order valence-electron chi connectivity index (χ1n) is 11.4. The van der Waals surface area contributed by atoms with E-state index in [0.717, 1.165) is 30.0 Å². The molecule has 0 bridgehead atoms. The van der Waals surface area contributed by atoms with Crippen LogP contribution in [-0.4, -0.2) is 61.5 Å². The van der Waals surface area contributed by atoms with Gasteiger partial charge in [0.25, 0.3) is 0 Å².